The van der Waals surface area contributed by atoms with Gasteiger partial charge >= 0.3 is 0 Å². The molecule has 0 amide bonds. The number of pyridine rings is 1. The van der Waals surface area contributed by atoms with E-state index < -0.39 is 15.8 Å². The van der Waals surface area contributed by atoms with Gasteiger partial charge in [0.05, 0.1) is 6.20 Å². The van der Waals surface area contributed by atoms with Crippen LogP contribution in [0.15, 0.2) is 35.5 Å². The molecule has 0 aromatic carbocycles. The van der Waals surface area contributed by atoms with Crippen molar-refractivity contribution < 1.29 is 12.8 Å². The van der Waals surface area contributed by atoms with Gasteiger partial charge in [-0.2, -0.15) is 0 Å². The topological polar surface area (TPSA) is 84.8 Å². The van der Waals surface area contributed by atoms with Crippen LogP contribution in [0.5, 0.6) is 0 Å². The quantitative estimate of drug-likeness (QED) is 0.924. The first-order chi connectivity index (χ1) is 8.47. The molecule has 2 heterocycles. The molecule has 0 bridgehead atoms. The maximum atomic E-state index is 12.9. The molecule has 18 heavy (non-hydrogen) atoms. The first-order valence-corrected chi connectivity index (χ1v) is 6.46. The second kappa shape index (κ2) is 4.83. The minimum Gasteiger partial charge on any atom is -0.262 e. The van der Waals surface area contributed by atoms with Crippen LogP contribution in [0.3, 0.4) is 0 Å². The lowest BCUT2D eigenvalue weighted by molar-refractivity contribution is 0.592. The Labute approximate surface area is 107 Å². The van der Waals surface area contributed by atoms with Gasteiger partial charge < -0.3 is 0 Å². The number of hydrogen-bond acceptors (Lipinski definition) is 5. The number of nitrogens with one attached hydrogen (secondary N) is 1. The number of rotatable bonds is 3. The Hall–Kier alpha value is -1.80. The van der Waals surface area contributed by atoms with Crippen LogP contribution in [0.25, 0.3) is 0 Å². The fraction of sp³-hybridized carbons (Fsp3) is 0. The minimum absolute atomic E-state index is 0.0244. The van der Waals surface area contributed by atoms with Crippen LogP contribution < -0.4 is 4.72 Å². The molecule has 0 unspecified atom stereocenters. The fourth-order valence-corrected chi connectivity index (χ4v) is 2.18. The van der Waals surface area contributed by atoms with E-state index in [0.29, 0.717) is 0 Å². The summed E-state index contributed by atoms with van der Waals surface area (Å²) < 4.78 is 38.7. The Bertz CT molecular complexity index is 663. The third kappa shape index (κ3) is 2.90. The monoisotopic (exact) mass is 288 g/mol. The number of nitrogens with zero attached hydrogens (tertiary/aromatic N) is 3. The minimum atomic E-state index is -3.95. The van der Waals surface area contributed by atoms with E-state index in [1.54, 1.807) is 0 Å². The van der Waals surface area contributed by atoms with Crippen LogP contribution in [0.4, 0.5) is 10.2 Å². The van der Waals surface area contributed by atoms with Crippen molar-refractivity contribution in [1.82, 2.24) is 15.2 Å². The van der Waals surface area contributed by atoms with Crippen LogP contribution >= 0.6 is 11.6 Å². The molecule has 0 radical (unpaired) electrons. The third-order valence-electron chi connectivity index (χ3n) is 1.86. The van der Waals surface area contributed by atoms with E-state index in [9.17, 15) is 12.8 Å². The zero-order valence-corrected chi connectivity index (χ0v) is 10.3. The molecular weight excluding hydrogens is 283 g/mol. The molecule has 0 atom stereocenters. The van der Waals surface area contributed by atoms with Gasteiger partial charge in [-0.1, -0.05) is 11.6 Å². The summed E-state index contributed by atoms with van der Waals surface area (Å²) in [6, 6.07) is 3.55. The van der Waals surface area contributed by atoms with Gasteiger partial charge in [-0.3, -0.25) is 9.71 Å². The van der Waals surface area contributed by atoms with Crippen molar-refractivity contribution in [2.45, 2.75) is 4.90 Å². The molecule has 0 saturated carbocycles. The maximum Gasteiger partial charge on any atom is 0.264 e. The molecule has 2 rings (SSSR count). The van der Waals surface area contributed by atoms with E-state index in [0.717, 1.165) is 18.5 Å². The highest BCUT2D eigenvalue weighted by Crippen LogP contribution is 2.14. The number of aromatic nitrogens is 3. The van der Waals surface area contributed by atoms with Crippen molar-refractivity contribution in [3.63, 3.8) is 0 Å². The molecule has 0 spiro atoms. The van der Waals surface area contributed by atoms with E-state index in [1.807, 2.05) is 0 Å². The van der Waals surface area contributed by atoms with Gasteiger partial charge in [0.15, 0.2) is 11.0 Å². The lowest BCUT2D eigenvalue weighted by Crippen LogP contribution is -2.14. The van der Waals surface area contributed by atoms with E-state index >= 15 is 0 Å². The smallest absolute Gasteiger partial charge is 0.262 e. The van der Waals surface area contributed by atoms with Crippen LogP contribution in [-0.4, -0.2) is 23.6 Å². The molecule has 0 saturated heterocycles. The molecule has 0 aliphatic carbocycles. The van der Waals surface area contributed by atoms with Crippen molar-refractivity contribution in [3.8, 4) is 0 Å². The lowest BCUT2D eigenvalue weighted by Gasteiger charge is -2.05. The first kappa shape index (κ1) is 12.7. The predicted molar refractivity (Wildman–Crippen MR) is 62.0 cm³/mol. The summed E-state index contributed by atoms with van der Waals surface area (Å²) in [6.45, 7) is 0. The van der Waals surface area contributed by atoms with E-state index in [1.165, 1.54) is 12.1 Å². The van der Waals surface area contributed by atoms with Crippen LogP contribution in [0, 0.1) is 5.82 Å². The van der Waals surface area contributed by atoms with Crippen LogP contribution in [0.2, 0.25) is 5.15 Å². The Morgan fingerprint density at radius 3 is 2.61 bits per heavy atom. The van der Waals surface area contributed by atoms with Crippen molar-refractivity contribution in [3.05, 3.63) is 41.6 Å². The van der Waals surface area contributed by atoms with Gasteiger partial charge in [0.2, 0.25) is 0 Å². The van der Waals surface area contributed by atoms with Gasteiger partial charge in [0.25, 0.3) is 10.0 Å². The van der Waals surface area contributed by atoms with E-state index in [2.05, 4.69) is 19.9 Å². The van der Waals surface area contributed by atoms with Crippen LogP contribution in [0.1, 0.15) is 0 Å². The highest BCUT2D eigenvalue weighted by Gasteiger charge is 2.16. The number of hydrogen-bond donors (Lipinski definition) is 1. The number of anilines is 1. The van der Waals surface area contributed by atoms with Crippen molar-refractivity contribution in [2.24, 2.45) is 0 Å². The second-order valence-electron chi connectivity index (χ2n) is 3.19. The molecular formula is C9H6ClFN4O2S. The normalized spacial score (nSPS) is 11.2. The molecule has 6 nitrogen and oxygen atoms in total. The molecule has 2 aromatic rings. The molecule has 0 aliphatic rings. The molecule has 0 aliphatic heterocycles. The Morgan fingerprint density at radius 2 is 2.00 bits per heavy atom. The summed E-state index contributed by atoms with van der Waals surface area (Å²) in [5, 5.41) is 7.13. The molecule has 1 N–H and O–H groups in total. The Morgan fingerprint density at radius 1 is 1.22 bits per heavy atom. The fourth-order valence-electron chi connectivity index (χ4n) is 1.11. The summed E-state index contributed by atoms with van der Waals surface area (Å²) in [6.07, 6.45) is 1.93. The SMILES string of the molecule is O=S(=O)(Nc1ccc(Cl)nn1)c1cncc(F)c1. The molecule has 2 aromatic heterocycles. The first-order valence-electron chi connectivity index (χ1n) is 4.60. The summed E-state index contributed by atoms with van der Waals surface area (Å²) in [5.74, 6) is -0.774. The second-order valence-corrected chi connectivity index (χ2v) is 5.26. The zero-order valence-electron chi connectivity index (χ0n) is 8.71. The lowest BCUT2D eigenvalue weighted by atomic mass is 10.5. The summed E-state index contributed by atoms with van der Waals surface area (Å²) in [4.78, 5) is 3.15. The summed E-state index contributed by atoms with van der Waals surface area (Å²) in [7, 11) is -3.95. The van der Waals surface area contributed by atoms with Gasteiger partial charge in [-0.25, -0.2) is 12.8 Å². The van der Waals surface area contributed by atoms with Gasteiger partial charge in [0, 0.05) is 6.20 Å². The number of halogens is 2. The third-order valence-corrected chi connectivity index (χ3v) is 3.38. The van der Waals surface area contributed by atoms with E-state index in [4.69, 9.17) is 11.6 Å². The van der Waals surface area contributed by atoms with Gasteiger partial charge in [-0.15, -0.1) is 10.2 Å². The van der Waals surface area contributed by atoms with Crippen molar-refractivity contribution in [1.29, 1.82) is 0 Å². The van der Waals surface area contributed by atoms with Crippen molar-refractivity contribution >= 4 is 27.4 Å². The standard InChI is InChI=1S/C9H6ClFN4O2S/c10-8-1-2-9(14-13-8)15-18(16,17)7-3-6(11)4-12-5-7/h1-5H,(H,14,15). The Kier molecular flexibility index (Phi) is 3.39. The molecule has 9 heteroatoms. The predicted octanol–water partition coefficient (Wildman–Crippen LogP) is 1.46. The highest BCUT2D eigenvalue weighted by molar-refractivity contribution is 7.92. The van der Waals surface area contributed by atoms with Gasteiger partial charge in [-0.05, 0) is 18.2 Å². The zero-order chi connectivity index (χ0) is 13.2. The summed E-state index contributed by atoms with van der Waals surface area (Å²) in [5.41, 5.74) is 0. The average molecular weight is 289 g/mol. The maximum absolute atomic E-state index is 12.9. The van der Waals surface area contributed by atoms with Gasteiger partial charge in [0.1, 0.15) is 10.7 Å². The highest BCUT2D eigenvalue weighted by atomic mass is 35.5. The molecule has 0 fully saturated rings. The van der Waals surface area contributed by atoms with E-state index in [-0.39, 0.29) is 15.9 Å². The summed E-state index contributed by atoms with van der Waals surface area (Å²) >= 11 is 5.51. The Balaban J connectivity index is 2.30. The van der Waals surface area contributed by atoms with Crippen molar-refractivity contribution in [2.75, 3.05) is 4.72 Å². The molecule has 94 valence electrons. The average Bonchev–Trinajstić information content (AvgIpc) is 2.32. The van der Waals surface area contributed by atoms with Crippen LogP contribution in [-0.2, 0) is 10.0 Å². The number of sulfonamides is 1. The largest absolute Gasteiger partial charge is 0.264 e.